The molecule has 1 aromatic heterocycles. The van der Waals surface area contributed by atoms with E-state index in [0.717, 1.165) is 29.2 Å². The van der Waals surface area contributed by atoms with Crippen molar-refractivity contribution in [1.82, 2.24) is 0 Å². The van der Waals surface area contributed by atoms with E-state index in [1.54, 1.807) is 6.07 Å². The van der Waals surface area contributed by atoms with Gasteiger partial charge in [0.15, 0.2) is 0 Å². The van der Waals surface area contributed by atoms with Gasteiger partial charge in [0, 0.05) is 23.2 Å². The van der Waals surface area contributed by atoms with E-state index in [4.69, 9.17) is 0 Å². The summed E-state index contributed by atoms with van der Waals surface area (Å²) < 4.78 is 14.9. The van der Waals surface area contributed by atoms with Crippen molar-refractivity contribution in [3.8, 4) is 0 Å². The molecule has 26 heavy (non-hydrogen) atoms. The lowest BCUT2D eigenvalue weighted by molar-refractivity contribution is 0.103. The number of carbonyl (C=O) groups excluding carboxylic acids is 1. The maximum absolute atomic E-state index is 14.1. The molecule has 1 aliphatic rings. The summed E-state index contributed by atoms with van der Waals surface area (Å²) in [5.41, 5.74) is 2.58. The first kappa shape index (κ1) is 17.0. The Bertz CT molecular complexity index is 960. The molecule has 0 bridgehead atoms. The van der Waals surface area contributed by atoms with E-state index in [1.807, 2.05) is 31.2 Å². The van der Waals surface area contributed by atoms with Gasteiger partial charge in [-0.3, -0.25) is 4.79 Å². The lowest BCUT2D eigenvalue weighted by Gasteiger charge is -2.30. The van der Waals surface area contributed by atoms with Crippen LogP contribution in [0.25, 0.3) is 10.1 Å². The quantitative estimate of drug-likeness (QED) is 0.653. The lowest BCUT2D eigenvalue weighted by Crippen LogP contribution is -2.30. The first-order chi connectivity index (χ1) is 12.6. The number of nitrogens with zero attached hydrogens (tertiary/aromatic N) is 1. The van der Waals surface area contributed by atoms with Crippen molar-refractivity contribution in [1.29, 1.82) is 0 Å². The van der Waals surface area contributed by atoms with E-state index < -0.39 is 0 Å². The molecule has 0 atom stereocenters. The number of amides is 1. The highest BCUT2D eigenvalue weighted by atomic mass is 32.1. The third-order valence-electron chi connectivity index (χ3n) is 4.96. The molecule has 5 heteroatoms. The molecule has 0 saturated carbocycles. The first-order valence-electron chi connectivity index (χ1n) is 8.98. The van der Waals surface area contributed by atoms with Crippen molar-refractivity contribution in [2.24, 2.45) is 0 Å². The van der Waals surface area contributed by atoms with Gasteiger partial charge in [0.05, 0.1) is 16.3 Å². The van der Waals surface area contributed by atoms with Gasteiger partial charge in [-0.05, 0) is 56.0 Å². The van der Waals surface area contributed by atoms with Crippen LogP contribution in [0.2, 0.25) is 0 Å². The van der Waals surface area contributed by atoms with Gasteiger partial charge >= 0.3 is 0 Å². The summed E-state index contributed by atoms with van der Waals surface area (Å²) in [7, 11) is 0. The highest BCUT2D eigenvalue weighted by molar-refractivity contribution is 7.21. The number of piperidine rings is 1. The third kappa shape index (κ3) is 3.07. The van der Waals surface area contributed by atoms with Crippen molar-refractivity contribution in [3.05, 3.63) is 58.7 Å². The largest absolute Gasteiger partial charge is 0.370 e. The number of thiophene rings is 1. The highest BCUT2D eigenvalue weighted by Crippen LogP contribution is 2.34. The molecule has 1 N–H and O–H groups in total. The summed E-state index contributed by atoms with van der Waals surface area (Å²) in [6.07, 6.45) is 3.62. The minimum Gasteiger partial charge on any atom is -0.370 e. The molecular weight excluding hydrogens is 347 g/mol. The predicted octanol–water partition coefficient (Wildman–Crippen LogP) is 5.59. The van der Waals surface area contributed by atoms with Crippen LogP contribution >= 0.6 is 11.3 Å². The van der Waals surface area contributed by atoms with Crippen LogP contribution in [0.1, 0.15) is 34.5 Å². The summed E-state index contributed by atoms with van der Waals surface area (Å²) >= 11 is 1.34. The van der Waals surface area contributed by atoms with E-state index in [0.29, 0.717) is 15.8 Å². The van der Waals surface area contributed by atoms with Gasteiger partial charge in [0.1, 0.15) is 5.82 Å². The van der Waals surface area contributed by atoms with E-state index in [9.17, 15) is 9.18 Å². The average molecular weight is 368 g/mol. The molecule has 2 heterocycles. The fraction of sp³-hybridized carbons (Fsp3) is 0.286. The molecule has 3 aromatic rings. The summed E-state index contributed by atoms with van der Waals surface area (Å²) in [5.74, 6) is -0.448. The third-order valence-corrected chi connectivity index (χ3v) is 6.21. The second kappa shape index (κ2) is 7.08. The minimum atomic E-state index is -0.274. The number of fused-ring (bicyclic) bond motifs is 1. The van der Waals surface area contributed by atoms with Gasteiger partial charge in [0.2, 0.25) is 0 Å². The van der Waals surface area contributed by atoms with Crippen LogP contribution in [-0.2, 0) is 0 Å². The molecule has 1 amide bonds. The molecule has 3 nitrogen and oxygen atoms in total. The van der Waals surface area contributed by atoms with Crippen LogP contribution < -0.4 is 10.2 Å². The van der Waals surface area contributed by atoms with Gasteiger partial charge in [-0.2, -0.15) is 0 Å². The molecule has 1 fully saturated rings. The first-order valence-corrected chi connectivity index (χ1v) is 9.80. The number of nitrogens with one attached hydrogen (secondary N) is 1. The molecule has 134 valence electrons. The zero-order valence-corrected chi connectivity index (χ0v) is 15.5. The van der Waals surface area contributed by atoms with Gasteiger partial charge in [-0.1, -0.05) is 18.2 Å². The molecule has 0 radical (unpaired) electrons. The van der Waals surface area contributed by atoms with Gasteiger partial charge in [-0.15, -0.1) is 11.3 Å². The van der Waals surface area contributed by atoms with Crippen molar-refractivity contribution in [2.45, 2.75) is 26.2 Å². The normalized spacial score (nSPS) is 14.6. The Morgan fingerprint density at radius 3 is 2.62 bits per heavy atom. The number of hydrogen-bond donors (Lipinski definition) is 1. The second-order valence-electron chi connectivity index (χ2n) is 6.69. The zero-order chi connectivity index (χ0) is 18.1. The van der Waals surface area contributed by atoms with Crippen LogP contribution in [0, 0.1) is 12.7 Å². The van der Waals surface area contributed by atoms with E-state index >= 15 is 0 Å². The molecule has 0 unspecified atom stereocenters. The summed E-state index contributed by atoms with van der Waals surface area (Å²) in [6, 6.07) is 12.9. The van der Waals surface area contributed by atoms with E-state index in [1.165, 1.54) is 36.7 Å². The number of hydrogen-bond acceptors (Lipinski definition) is 3. The molecule has 0 aliphatic carbocycles. The fourth-order valence-electron chi connectivity index (χ4n) is 3.64. The Morgan fingerprint density at radius 2 is 1.85 bits per heavy atom. The summed E-state index contributed by atoms with van der Waals surface area (Å²) in [4.78, 5) is 15.8. The highest BCUT2D eigenvalue weighted by Gasteiger charge is 2.20. The van der Waals surface area contributed by atoms with Crippen molar-refractivity contribution in [2.75, 3.05) is 23.3 Å². The summed E-state index contributed by atoms with van der Waals surface area (Å²) in [5, 5.41) is 3.60. The zero-order valence-electron chi connectivity index (χ0n) is 14.7. The van der Waals surface area contributed by atoms with Crippen LogP contribution in [0.4, 0.5) is 15.8 Å². The van der Waals surface area contributed by atoms with E-state index in [2.05, 4.69) is 16.3 Å². The molecule has 1 aliphatic heterocycles. The van der Waals surface area contributed by atoms with Gasteiger partial charge in [0.25, 0.3) is 5.91 Å². The maximum atomic E-state index is 14.1. The Balaban J connectivity index is 1.65. The number of aryl methyl sites for hydroxylation is 1. The monoisotopic (exact) mass is 368 g/mol. The van der Waals surface area contributed by atoms with Gasteiger partial charge < -0.3 is 10.2 Å². The predicted molar refractivity (Wildman–Crippen MR) is 107 cm³/mol. The number of benzene rings is 2. The molecule has 1 saturated heterocycles. The van der Waals surface area contributed by atoms with Crippen LogP contribution in [0.15, 0.2) is 42.5 Å². The number of anilines is 2. The smallest absolute Gasteiger partial charge is 0.266 e. The minimum absolute atomic E-state index is 0.174. The van der Waals surface area contributed by atoms with E-state index in [-0.39, 0.29) is 11.7 Å². The Morgan fingerprint density at radius 1 is 1.08 bits per heavy atom. The molecule has 0 spiro atoms. The lowest BCUT2D eigenvalue weighted by atomic mass is 10.1. The number of halogens is 1. The Labute approximate surface area is 156 Å². The Kier molecular flexibility index (Phi) is 4.64. The molecular formula is C21H21FN2OS. The van der Waals surface area contributed by atoms with Crippen LogP contribution in [0.5, 0.6) is 0 Å². The van der Waals surface area contributed by atoms with Crippen LogP contribution in [0.3, 0.4) is 0 Å². The maximum Gasteiger partial charge on any atom is 0.266 e. The SMILES string of the molecule is Cc1c(C(=O)Nc2ccccc2N2CCCCC2)sc2cccc(F)c12. The number of para-hydroxylation sites is 2. The number of rotatable bonds is 3. The standard InChI is InChI=1S/C21H21FN2OS/c1-14-19-15(22)8-7-11-18(19)26-20(14)21(25)23-16-9-3-4-10-17(16)24-12-5-2-6-13-24/h3-4,7-11H,2,5-6,12-13H2,1H3,(H,23,25). The van der Waals surface area contributed by atoms with Crippen molar-refractivity contribution < 1.29 is 9.18 Å². The summed E-state index contributed by atoms with van der Waals surface area (Å²) in [6.45, 7) is 3.84. The fourth-order valence-corrected chi connectivity index (χ4v) is 4.76. The number of carbonyl (C=O) groups is 1. The second-order valence-corrected chi connectivity index (χ2v) is 7.74. The van der Waals surface area contributed by atoms with Gasteiger partial charge in [-0.25, -0.2) is 4.39 Å². The molecule has 2 aromatic carbocycles. The van der Waals surface area contributed by atoms with Crippen molar-refractivity contribution in [3.63, 3.8) is 0 Å². The van der Waals surface area contributed by atoms with Crippen LogP contribution in [-0.4, -0.2) is 19.0 Å². The average Bonchev–Trinajstić information content (AvgIpc) is 3.01. The topological polar surface area (TPSA) is 32.3 Å². The Hall–Kier alpha value is -2.40. The molecule has 4 rings (SSSR count). The van der Waals surface area contributed by atoms with Crippen molar-refractivity contribution >= 4 is 38.7 Å².